The van der Waals surface area contributed by atoms with Gasteiger partial charge in [-0.05, 0) is 77.0 Å². The fraction of sp³-hybridized carbons (Fsp3) is 0.817. The van der Waals surface area contributed by atoms with Gasteiger partial charge in [0.2, 0.25) is 0 Å². The van der Waals surface area contributed by atoms with Crippen LogP contribution in [0.5, 0.6) is 0 Å². The van der Waals surface area contributed by atoms with Gasteiger partial charge < -0.3 is 14.2 Å². The van der Waals surface area contributed by atoms with Gasteiger partial charge in [-0.1, -0.05) is 249 Å². The number of unbranched alkanes of at least 4 members (excludes halogenated alkanes) is 33. The lowest BCUT2D eigenvalue weighted by Gasteiger charge is -2.18. The zero-order chi connectivity index (χ0) is 47.9. The summed E-state index contributed by atoms with van der Waals surface area (Å²) in [7, 11) is 0. The molecule has 0 rings (SSSR count). The molecule has 0 fully saturated rings. The third kappa shape index (κ3) is 52.3. The zero-order valence-corrected chi connectivity index (χ0v) is 44.0. The Labute approximate surface area is 409 Å². The first-order valence-corrected chi connectivity index (χ1v) is 28.6. The number of allylic oxidation sites excluding steroid dienone is 8. The lowest BCUT2D eigenvalue weighted by molar-refractivity contribution is -0.167. The summed E-state index contributed by atoms with van der Waals surface area (Å²) in [5, 5.41) is 0. The van der Waals surface area contributed by atoms with Gasteiger partial charge >= 0.3 is 17.9 Å². The van der Waals surface area contributed by atoms with E-state index in [2.05, 4.69) is 69.4 Å². The van der Waals surface area contributed by atoms with Gasteiger partial charge in [-0.25, -0.2) is 0 Å². The second-order valence-electron chi connectivity index (χ2n) is 19.2. The smallest absolute Gasteiger partial charge is 0.306 e. The molecule has 66 heavy (non-hydrogen) atoms. The molecule has 0 saturated heterocycles. The molecule has 0 aromatic rings. The van der Waals surface area contributed by atoms with Crippen molar-refractivity contribution in [1.29, 1.82) is 0 Å². The number of esters is 3. The average molecular weight is 926 g/mol. The fourth-order valence-corrected chi connectivity index (χ4v) is 8.20. The molecule has 0 spiro atoms. The summed E-state index contributed by atoms with van der Waals surface area (Å²) in [4.78, 5) is 38.1. The van der Waals surface area contributed by atoms with Crippen LogP contribution in [-0.4, -0.2) is 37.2 Å². The minimum atomic E-state index is -0.780. The predicted molar refractivity (Wildman–Crippen MR) is 284 cm³/mol. The van der Waals surface area contributed by atoms with Gasteiger partial charge in [0.05, 0.1) is 0 Å². The normalized spacial score (nSPS) is 12.3. The topological polar surface area (TPSA) is 78.9 Å². The molecule has 0 aliphatic carbocycles. The molecule has 0 aromatic heterocycles. The SMILES string of the molecule is CCCC/C=C\C/C=C\CCCCCCCC(=O)OC[C@H](COC(=O)CCCCCCCCC/C=C\C/C=C\CCCCC)OC(=O)CCCCCCCCCCCCCCCCCCC. The van der Waals surface area contributed by atoms with E-state index in [4.69, 9.17) is 14.2 Å². The molecule has 0 aliphatic heterocycles. The summed E-state index contributed by atoms with van der Waals surface area (Å²) in [6, 6.07) is 0. The van der Waals surface area contributed by atoms with E-state index in [1.54, 1.807) is 0 Å². The maximum absolute atomic E-state index is 12.9. The minimum absolute atomic E-state index is 0.0792. The van der Waals surface area contributed by atoms with E-state index in [0.29, 0.717) is 19.3 Å². The van der Waals surface area contributed by atoms with Crippen LogP contribution in [0.1, 0.15) is 297 Å². The van der Waals surface area contributed by atoms with E-state index < -0.39 is 6.10 Å². The van der Waals surface area contributed by atoms with E-state index >= 15 is 0 Å². The van der Waals surface area contributed by atoms with Crippen molar-refractivity contribution in [3.8, 4) is 0 Å². The van der Waals surface area contributed by atoms with Crippen molar-refractivity contribution >= 4 is 17.9 Å². The van der Waals surface area contributed by atoms with E-state index in [1.807, 2.05) is 0 Å². The Bertz CT molecular complexity index is 1150. The minimum Gasteiger partial charge on any atom is -0.462 e. The van der Waals surface area contributed by atoms with Crippen LogP contribution in [0, 0.1) is 0 Å². The fourth-order valence-electron chi connectivity index (χ4n) is 8.20. The molecule has 0 unspecified atom stereocenters. The Morgan fingerprint density at radius 1 is 0.303 bits per heavy atom. The standard InChI is InChI=1S/C60H108O6/c1-4-7-10-13-16-19-22-25-28-30-32-35-38-41-44-47-50-53-59(62)65-56-57(55-64-58(61)52-49-46-43-40-37-34-27-24-21-18-15-12-9-6-3)66-60(63)54-51-48-45-42-39-36-33-31-29-26-23-20-17-14-11-8-5-2/h15-16,18-19,24-25,27-28,57H,4-14,17,20-23,26,29-56H2,1-3H3/b18-15-,19-16-,27-24-,28-25-/t57-/m1/s1. The highest BCUT2D eigenvalue weighted by Gasteiger charge is 2.19. The number of carbonyl (C=O) groups excluding carboxylic acids is 3. The van der Waals surface area contributed by atoms with Crippen LogP contribution >= 0.6 is 0 Å². The highest BCUT2D eigenvalue weighted by atomic mass is 16.6. The number of hydrogen-bond donors (Lipinski definition) is 0. The molecule has 0 saturated carbocycles. The second kappa shape index (κ2) is 55.0. The Kier molecular flexibility index (Phi) is 52.8. The maximum atomic E-state index is 12.9. The number of carbonyl (C=O) groups is 3. The monoisotopic (exact) mass is 925 g/mol. The lowest BCUT2D eigenvalue weighted by Crippen LogP contribution is -2.30. The van der Waals surface area contributed by atoms with Gasteiger partial charge in [-0.3, -0.25) is 14.4 Å². The van der Waals surface area contributed by atoms with Crippen molar-refractivity contribution in [2.45, 2.75) is 303 Å². The largest absolute Gasteiger partial charge is 0.462 e. The molecule has 6 nitrogen and oxygen atoms in total. The van der Waals surface area contributed by atoms with E-state index in [-0.39, 0.29) is 31.1 Å². The number of rotatable bonds is 52. The van der Waals surface area contributed by atoms with Crippen LogP contribution in [0.25, 0.3) is 0 Å². The third-order valence-corrected chi connectivity index (χ3v) is 12.6. The molecule has 0 bridgehead atoms. The average Bonchev–Trinajstić information content (AvgIpc) is 3.31. The molecular formula is C60H108O6. The van der Waals surface area contributed by atoms with Crippen molar-refractivity contribution in [2.75, 3.05) is 13.2 Å². The Balaban J connectivity index is 4.37. The highest BCUT2D eigenvalue weighted by molar-refractivity contribution is 5.71. The molecule has 0 radical (unpaired) electrons. The van der Waals surface area contributed by atoms with Crippen LogP contribution in [-0.2, 0) is 28.6 Å². The molecule has 0 heterocycles. The molecule has 0 aromatic carbocycles. The van der Waals surface area contributed by atoms with Gasteiger partial charge in [-0.15, -0.1) is 0 Å². The molecule has 384 valence electrons. The summed E-state index contributed by atoms with van der Waals surface area (Å²) < 4.78 is 16.9. The number of ether oxygens (including phenoxy) is 3. The van der Waals surface area contributed by atoms with Gasteiger partial charge in [0.15, 0.2) is 6.10 Å². The van der Waals surface area contributed by atoms with Crippen LogP contribution in [0.15, 0.2) is 48.6 Å². The third-order valence-electron chi connectivity index (χ3n) is 12.6. The van der Waals surface area contributed by atoms with Gasteiger partial charge in [0.1, 0.15) is 13.2 Å². The van der Waals surface area contributed by atoms with Crippen LogP contribution in [0.2, 0.25) is 0 Å². The lowest BCUT2D eigenvalue weighted by atomic mass is 10.0. The first-order valence-electron chi connectivity index (χ1n) is 28.6. The van der Waals surface area contributed by atoms with E-state index in [9.17, 15) is 14.4 Å². The maximum Gasteiger partial charge on any atom is 0.306 e. The molecule has 6 heteroatoms. The quantitative estimate of drug-likeness (QED) is 0.0262. The summed E-state index contributed by atoms with van der Waals surface area (Å²) in [6.07, 6.45) is 66.6. The molecule has 0 N–H and O–H groups in total. The van der Waals surface area contributed by atoms with Crippen LogP contribution in [0.3, 0.4) is 0 Å². The molecule has 0 amide bonds. The van der Waals surface area contributed by atoms with Gasteiger partial charge in [0.25, 0.3) is 0 Å². The Hall–Kier alpha value is -2.63. The molecular weight excluding hydrogens is 817 g/mol. The summed E-state index contributed by atoms with van der Waals surface area (Å²) >= 11 is 0. The van der Waals surface area contributed by atoms with E-state index in [1.165, 1.54) is 167 Å². The van der Waals surface area contributed by atoms with Crippen molar-refractivity contribution in [2.24, 2.45) is 0 Å². The van der Waals surface area contributed by atoms with Gasteiger partial charge in [-0.2, -0.15) is 0 Å². The second-order valence-corrected chi connectivity index (χ2v) is 19.2. The first-order chi connectivity index (χ1) is 32.5. The van der Waals surface area contributed by atoms with Crippen molar-refractivity contribution in [1.82, 2.24) is 0 Å². The Morgan fingerprint density at radius 3 is 0.909 bits per heavy atom. The summed E-state index contributed by atoms with van der Waals surface area (Å²) in [5.41, 5.74) is 0. The zero-order valence-electron chi connectivity index (χ0n) is 44.0. The molecule has 0 aliphatic rings. The number of hydrogen-bond acceptors (Lipinski definition) is 6. The van der Waals surface area contributed by atoms with Gasteiger partial charge in [0, 0.05) is 19.3 Å². The highest BCUT2D eigenvalue weighted by Crippen LogP contribution is 2.16. The van der Waals surface area contributed by atoms with Crippen LogP contribution in [0.4, 0.5) is 0 Å². The van der Waals surface area contributed by atoms with Crippen molar-refractivity contribution in [3.05, 3.63) is 48.6 Å². The van der Waals surface area contributed by atoms with E-state index in [0.717, 1.165) is 89.9 Å². The predicted octanol–water partition coefficient (Wildman–Crippen LogP) is 19.0. The first kappa shape index (κ1) is 63.4. The van der Waals surface area contributed by atoms with Crippen molar-refractivity contribution < 1.29 is 28.6 Å². The Morgan fingerprint density at radius 2 is 0.561 bits per heavy atom. The summed E-state index contributed by atoms with van der Waals surface area (Å²) in [6.45, 7) is 6.59. The van der Waals surface area contributed by atoms with Crippen LogP contribution < -0.4 is 0 Å². The summed E-state index contributed by atoms with van der Waals surface area (Å²) in [5.74, 6) is -0.886. The molecule has 1 atom stereocenters. The van der Waals surface area contributed by atoms with Crippen molar-refractivity contribution in [3.63, 3.8) is 0 Å².